The molecule has 3 saturated carbocycles. The Kier molecular flexibility index (Phi) is 5.07. The summed E-state index contributed by atoms with van der Waals surface area (Å²) >= 11 is 0. The second-order valence-electron chi connectivity index (χ2n) is 11.3. The average molecular weight is 389 g/mol. The Hall–Kier alpha value is -1.06. The second kappa shape index (κ2) is 7.02. The monoisotopic (exact) mass is 388 g/mol. The van der Waals surface area contributed by atoms with Crippen molar-refractivity contribution in [2.75, 3.05) is 13.6 Å². The van der Waals surface area contributed by atoms with Gasteiger partial charge in [-0.05, 0) is 79.4 Å². The van der Waals surface area contributed by atoms with Gasteiger partial charge in [0, 0.05) is 32.1 Å². The molecule has 0 bridgehead atoms. The van der Waals surface area contributed by atoms with Gasteiger partial charge in [0.25, 0.3) is 0 Å². The van der Waals surface area contributed by atoms with Crippen molar-refractivity contribution >= 4 is 12.3 Å². The zero-order chi connectivity index (χ0) is 20.3. The van der Waals surface area contributed by atoms with E-state index in [-0.39, 0.29) is 10.8 Å². The lowest BCUT2D eigenvalue weighted by Crippen LogP contribution is -2.62. The summed E-state index contributed by atoms with van der Waals surface area (Å²) < 4.78 is 0. The van der Waals surface area contributed by atoms with Crippen molar-refractivity contribution in [3.05, 3.63) is 0 Å². The van der Waals surface area contributed by atoms with E-state index in [2.05, 4.69) is 37.5 Å². The van der Waals surface area contributed by atoms with Crippen LogP contribution in [0.25, 0.3) is 0 Å². The number of rotatable bonds is 4. The minimum atomic E-state index is 0.274. The highest BCUT2D eigenvalue weighted by molar-refractivity contribution is 5.77. The molecule has 4 nitrogen and oxygen atoms in total. The van der Waals surface area contributed by atoms with Crippen molar-refractivity contribution in [1.29, 1.82) is 0 Å². The maximum Gasteiger partial charge on any atom is 0.222 e. The first-order chi connectivity index (χ1) is 13.2. The van der Waals surface area contributed by atoms with Crippen molar-refractivity contribution in [1.82, 2.24) is 9.80 Å². The number of hydrogen-bond acceptors (Lipinski definition) is 2. The fourth-order valence-corrected chi connectivity index (χ4v) is 8.33. The summed E-state index contributed by atoms with van der Waals surface area (Å²) in [5.41, 5.74) is 0.559. The summed E-state index contributed by atoms with van der Waals surface area (Å²) in [5, 5.41) is 0. The predicted molar refractivity (Wildman–Crippen MR) is 112 cm³/mol. The third-order valence-electron chi connectivity index (χ3n) is 9.62. The van der Waals surface area contributed by atoms with E-state index in [1.807, 2.05) is 7.05 Å². The van der Waals surface area contributed by atoms with Gasteiger partial charge >= 0.3 is 0 Å². The summed E-state index contributed by atoms with van der Waals surface area (Å²) in [6.45, 7) is 10.3. The van der Waals surface area contributed by atoms with Crippen molar-refractivity contribution in [3.8, 4) is 0 Å². The topological polar surface area (TPSA) is 40.6 Å². The van der Waals surface area contributed by atoms with Gasteiger partial charge in [-0.25, -0.2) is 0 Å². The molecule has 0 aromatic carbocycles. The van der Waals surface area contributed by atoms with Crippen LogP contribution in [0.15, 0.2) is 0 Å². The van der Waals surface area contributed by atoms with Gasteiger partial charge in [-0.15, -0.1) is 0 Å². The highest BCUT2D eigenvalue weighted by atomic mass is 16.2. The van der Waals surface area contributed by atoms with E-state index in [1.54, 1.807) is 0 Å². The summed E-state index contributed by atoms with van der Waals surface area (Å²) in [7, 11) is 2.04. The van der Waals surface area contributed by atoms with Crippen LogP contribution in [0.2, 0.25) is 0 Å². The number of hydrogen-bond donors (Lipinski definition) is 0. The van der Waals surface area contributed by atoms with Crippen molar-refractivity contribution in [2.45, 2.75) is 91.1 Å². The third-order valence-corrected chi connectivity index (χ3v) is 9.62. The first-order valence-corrected chi connectivity index (χ1v) is 11.7. The Morgan fingerprint density at radius 1 is 1.07 bits per heavy atom. The summed E-state index contributed by atoms with van der Waals surface area (Å²) in [6, 6.07) is 0.850. The summed E-state index contributed by atoms with van der Waals surface area (Å²) in [4.78, 5) is 28.5. The minimum absolute atomic E-state index is 0.274. The fourth-order valence-electron chi connectivity index (χ4n) is 8.33. The van der Waals surface area contributed by atoms with Crippen molar-refractivity contribution < 1.29 is 9.59 Å². The van der Waals surface area contributed by atoms with Gasteiger partial charge in [0.2, 0.25) is 12.3 Å². The quantitative estimate of drug-likeness (QED) is 0.673. The van der Waals surface area contributed by atoms with Crippen LogP contribution < -0.4 is 0 Å². The normalized spacial score (nSPS) is 45.4. The molecule has 0 unspecified atom stereocenters. The van der Waals surface area contributed by atoms with Gasteiger partial charge in [0.05, 0.1) is 0 Å². The zero-order valence-corrected chi connectivity index (χ0v) is 18.6. The Morgan fingerprint density at radius 2 is 1.79 bits per heavy atom. The first kappa shape index (κ1) is 20.2. The molecule has 0 aromatic rings. The molecule has 0 N–H and O–H groups in total. The average Bonchev–Trinajstić information content (AvgIpc) is 3.00. The molecule has 1 heterocycles. The highest BCUT2D eigenvalue weighted by Gasteiger charge is 2.61. The van der Waals surface area contributed by atoms with Crippen LogP contribution in [0.5, 0.6) is 0 Å². The number of fused-ring (bicyclic) bond motifs is 5. The molecule has 158 valence electrons. The van der Waals surface area contributed by atoms with E-state index >= 15 is 0 Å². The molecule has 0 radical (unpaired) electrons. The van der Waals surface area contributed by atoms with Crippen molar-refractivity contribution in [3.63, 3.8) is 0 Å². The Labute approximate surface area is 171 Å². The molecule has 2 amide bonds. The van der Waals surface area contributed by atoms with E-state index in [0.29, 0.717) is 23.9 Å². The number of nitrogens with zero attached hydrogens (tertiary/aromatic N) is 2. The maximum atomic E-state index is 12.3. The molecule has 4 fully saturated rings. The summed E-state index contributed by atoms with van der Waals surface area (Å²) in [6.07, 6.45) is 10.3. The van der Waals surface area contributed by atoms with Gasteiger partial charge in [-0.3, -0.25) is 9.59 Å². The van der Waals surface area contributed by atoms with Crippen LogP contribution in [0.1, 0.15) is 79.1 Å². The van der Waals surface area contributed by atoms with Gasteiger partial charge in [-0.2, -0.15) is 0 Å². The second-order valence-corrected chi connectivity index (χ2v) is 11.3. The van der Waals surface area contributed by atoms with Gasteiger partial charge in [0.1, 0.15) is 0 Å². The lowest BCUT2D eigenvalue weighted by molar-refractivity contribution is -0.159. The number of carbonyl (C=O) groups is 2. The molecular formula is C24H40N2O2. The number of likely N-dealkylation sites (tertiary alicyclic amines) is 1. The first-order valence-electron chi connectivity index (χ1n) is 11.7. The van der Waals surface area contributed by atoms with Gasteiger partial charge in [-0.1, -0.05) is 27.7 Å². The van der Waals surface area contributed by atoms with Crippen LogP contribution >= 0.6 is 0 Å². The van der Waals surface area contributed by atoms with Gasteiger partial charge in [0.15, 0.2) is 0 Å². The maximum absolute atomic E-state index is 12.3. The van der Waals surface area contributed by atoms with E-state index in [4.69, 9.17) is 0 Å². The zero-order valence-electron chi connectivity index (χ0n) is 18.6. The van der Waals surface area contributed by atoms with Crippen LogP contribution in [0.3, 0.4) is 0 Å². The SMILES string of the molecule is CC(C)CN(C=O)[C@H]1CC[C@H]2[C@@H]3CC[C@H]4N(C)C(=O)CC[C@]4(C)[C@H]3CC[C@]12C. The lowest BCUT2D eigenvalue weighted by Gasteiger charge is -2.62. The Morgan fingerprint density at radius 3 is 2.46 bits per heavy atom. The predicted octanol–water partition coefficient (Wildman–Crippen LogP) is 4.33. The van der Waals surface area contributed by atoms with Crippen molar-refractivity contribution in [2.24, 2.45) is 34.5 Å². The molecule has 4 heteroatoms. The van der Waals surface area contributed by atoms with Crippen LogP contribution in [0, 0.1) is 34.5 Å². The molecule has 4 aliphatic rings. The van der Waals surface area contributed by atoms with E-state index in [1.165, 1.54) is 38.5 Å². The standard InChI is InChI=1S/C24H40N2O2/c1-16(2)14-26(15-27)21-9-7-18-17-6-8-20-23(3,13-11-22(28)25(20)5)19(17)10-12-24(18,21)4/h15-21H,6-14H2,1-5H3/t17-,18-,19-,20+,21-,23+,24-/m0/s1. The molecule has 0 aromatic heterocycles. The van der Waals surface area contributed by atoms with Crippen LogP contribution in [0.4, 0.5) is 0 Å². The Balaban J connectivity index is 1.58. The molecule has 0 spiro atoms. The Bertz CT molecular complexity index is 634. The minimum Gasteiger partial charge on any atom is -0.342 e. The fraction of sp³-hybridized carbons (Fsp3) is 0.917. The summed E-state index contributed by atoms with van der Waals surface area (Å²) in [5.74, 6) is 3.13. The van der Waals surface area contributed by atoms with E-state index in [0.717, 1.165) is 43.6 Å². The lowest BCUT2D eigenvalue weighted by atomic mass is 9.47. The molecular weight excluding hydrogens is 348 g/mol. The third kappa shape index (κ3) is 2.84. The molecule has 4 rings (SSSR count). The van der Waals surface area contributed by atoms with E-state index in [9.17, 15) is 9.59 Å². The smallest absolute Gasteiger partial charge is 0.222 e. The molecule has 1 saturated heterocycles. The number of amides is 2. The molecule has 28 heavy (non-hydrogen) atoms. The van der Waals surface area contributed by atoms with Gasteiger partial charge < -0.3 is 9.80 Å². The highest BCUT2D eigenvalue weighted by Crippen LogP contribution is 2.65. The van der Waals surface area contributed by atoms with E-state index < -0.39 is 0 Å². The number of piperidine rings is 1. The molecule has 1 aliphatic heterocycles. The number of carbonyl (C=O) groups excluding carboxylic acids is 2. The molecule has 7 atom stereocenters. The molecule has 3 aliphatic carbocycles. The van der Waals surface area contributed by atoms with Crippen LogP contribution in [-0.4, -0.2) is 47.8 Å². The van der Waals surface area contributed by atoms with Crippen LogP contribution in [-0.2, 0) is 9.59 Å². The largest absolute Gasteiger partial charge is 0.342 e.